The van der Waals surface area contributed by atoms with E-state index in [1.807, 2.05) is 0 Å². The van der Waals surface area contributed by atoms with Gasteiger partial charge in [0.25, 0.3) is 5.69 Å². The smallest absolute Gasteiger partial charge is 0.277 e. The number of hydrogen-bond acceptors (Lipinski definition) is 5. The minimum atomic E-state index is -0.528. The second-order valence-electron chi connectivity index (χ2n) is 3.47. The lowest BCUT2D eigenvalue weighted by Gasteiger charge is -2.02. The highest BCUT2D eigenvalue weighted by atomic mass is 16.7. The van der Waals surface area contributed by atoms with Gasteiger partial charge in [0.1, 0.15) is 5.78 Å². The van der Waals surface area contributed by atoms with Crippen molar-refractivity contribution in [3.63, 3.8) is 0 Å². The molecule has 0 fully saturated rings. The summed E-state index contributed by atoms with van der Waals surface area (Å²) < 4.78 is 10.1. The Labute approximate surface area is 90.9 Å². The van der Waals surface area contributed by atoms with Crippen LogP contribution in [0.3, 0.4) is 0 Å². The van der Waals surface area contributed by atoms with Crippen LogP contribution < -0.4 is 9.47 Å². The van der Waals surface area contributed by atoms with Crippen LogP contribution in [0.25, 0.3) is 0 Å². The zero-order valence-corrected chi connectivity index (χ0v) is 8.56. The molecule has 1 aliphatic rings. The Morgan fingerprint density at radius 3 is 2.62 bits per heavy atom. The molecular formula is C10H9NO5. The van der Waals surface area contributed by atoms with E-state index in [1.165, 1.54) is 19.1 Å². The van der Waals surface area contributed by atoms with Crippen LogP contribution in [-0.2, 0) is 11.2 Å². The van der Waals surface area contributed by atoms with Gasteiger partial charge in [0, 0.05) is 12.0 Å². The molecule has 0 aromatic heterocycles. The number of ketones is 1. The fourth-order valence-electron chi connectivity index (χ4n) is 1.55. The summed E-state index contributed by atoms with van der Waals surface area (Å²) in [6.07, 6.45) is 0.0208. The van der Waals surface area contributed by atoms with Gasteiger partial charge in [-0.15, -0.1) is 0 Å². The van der Waals surface area contributed by atoms with Gasteiger partial charge in [-0.05, 0) is 13.0 Å². The van der Waals surface area contributed by atoms with E-state index in [0.717, 1.165) is 0 Å². The maximum Gasteiger partial charge on any atom is 0.277 e. The van der Waals surface area contributed by atoms with Crippen LogP contribution in [0, 0.1) is 10.1 Å². The van der Waals surface area contributed by atoms with E-state index < -0.39 is 4.92 Å². The molecule has 0 aliphatic carbocycles. The molecule has 0 spiro atoms. The number of ether oxygens (including phenoxy) is 2. The van der Waals surface area contributed by atoms with Crippen LogP contribution in [0.5, 0.6) is 11.5 Å². The summed E-state index contributed by atoms with van der Waals surface area (Å²) in [5, 5.41) is 10.8. The lowest BCUT2D eigenvalue weighted by Crippen LogP contribution is -2.01. The largest absolute Gasteiger partial charge is 0.454 e. The molecule has 1 aromatic carbocycles. The molecule has 0 radical (unpaired) electrons. The molecule has 6 nitrogen and oxygen atoms in total. The Balaban J connectivity index is 2.48. The minimum absolute atomic E-state index is 0.0208. The first kappa shape index (κ1) is 10.4. The fourth-order valence-corrected chi connectivity index (χ4v) is 1.55. The molecule has 16 heavy (non-hydrogen) atoms. The van der Waals surface area contributed by atoms with E-state index in [0.29, 0.717) is 17.1 Å². The zero-order valence-electron chi connectivity index (χ0n) is 8.56. The highest BCUT2D eigenvalue weighted by Gasteiger charge is 2.23. The minimum Gasteiger partial charge on any atom is -0.454 e. The van der Waals surface area contributed by atoms with Crippen LogP contribution in [0.4, 0.5) is 5.69 Å². The maximum atomic E-state index is 11.0. The number of nitro groups is 1. The third-order valence-electron chi connectivity index (χ3n) is 2.21. The molecule has 0 saturated heterocycles. The summed E-state index contributed by atoms with van der Waals surface area (Å²) in [7, 11) is 0. The van der Waals surface area contributed by atoms with Gasteiger partial charge in [-0.25, -0.2) is 0 Å². The van der Waals surface area contributed by atoms with Crippen molar-refractivity contribution in [2.24, 2.45) is 0 Å². The van der Waals surface area contributed by atoms with Crippen molar-refractivity contribution in [3.05, 3.63) is 27.8 Å². The summed E-state index contributed by atoms with van der Waals surface area (Å²) in [6.45, 7) is 1.43. The number of nitro benzene ring substituents is 1. The number of hydrogen-bond donors (Lipinski definition) is 0. The average molecular weight is 223 g/mol. The SMILES string of the molecule is CC(=O)Cc1cc2c(cc1[N+](=O)[O-])OCO2. The standard InChI is InChI=1S/C10H9NO5/c1-6(12)2-7-3-9-10(16-5-15-9)4-8(7)11(13)14/h3-4H,2,5H2,1H3. The average Bonchev–Trinajstić information content (AvgIpc) is 2.62. The van der Waals surface area contributed by atoms with Crippen LogP contribution in [-0.4, -0.2) is 17.5 Å². The molecular weight excluding hydrogens is 214 g/mol. The van der Waals surface area contributed by atoms with Gasteiger partial charge in [0.15, 0.2) is 11.5 Å². The topological polar surface area (TPSA) is 78.7 Å². The summed E-state index contributed by atoms with van der Waals surface area (Å²) in [5.74, 6) is 0.655. The van der Waals surface area contributed by atoms with Crippen molar-refractivity contribution in [2.45, 2.75) is 13.3 Å². The molecule has 1 aliphatic heterocycles. The second kappa shape index (κ2) is 3.80. The number of carbonyl (C=O) groups excluding carboxylic acids is 1. The zero-order chi connectivity index (χ0) is 11.7. The Morgan fingerprint density at radius 1 is 1.44 bits per heavy atom. The van der Waals surface area contributed by atoms with Gasteiger partial charge in [-0.3, -0.25) is 14.9 Å². The molecule has 0 saturated carbocycles. The van der Waals surface area contributed by atoms with E-state index in [4.69, 9.17) is 9.47 Å². The number of benzene rings is 1. The summed E-state index contributed by atoms with van der Waals surface area (Å²) in [5.41, 5.74) is 0.237. The molecule has 0 amide bonds. The van der Waals surface area contributed by atoms with E-state index in [-0.39, 0.29) is 24.7 Å². The van der Waals surface area contributed by atoms with Crippen LogP contribution in [0.2, 0.25) is 0 Å². The van der Waals surface area contributed by atoms with Crippen molar-refractivity contribution < 1.29 is 19.2 Å². The highest BCUT2D eigenvalue weighted by Crippen LogP contribution is 2.38. The van der Waals surface area contributed by atoms with Crippen molar-refractivity contribution >= 4 is 11.5 Å². The summed E-state index contributed by atoms with van der Waals surface area (Å²) >= 11 is 0. The maximum absolute atomic E-state index is 11.0. The second-order valence-corrected chi connectivity index (χ2v) is 3.47. The van der Waals surface area contributed by atoms with Gasteiger partial charge in [0.05, 0.1) is 11.0 Å². The molecule has 0 bridgehead atoms. The molecule has 6 heteroatoms. The highest BCUT2D eigenvalue weighted by molar-refractivity contribution is 5.80. The Kier molecular flexibility index (Phi) is 2.47. The molecule has 0 N–H and O–H groups in total. The first-order valence-corrected chi connectivity index (χ1v) is 4.64. The summed E-state index contributed by atoms with van der Waals surface area (Å²) in [6, 6.07) is 2.78. The monoisotopic (exact) mass is 223 g/mol. The normalized spacial score (nSPS) is 12.6. The lowest BCUT2D eigenvalue weighted by molar-refractivity contribution is -0.385. The van der Waals surface area contributed by atoms with Crippen molar-refractivity contribution in [3.8, 4) is 11.5 Å². The number of fused-ring (bicyclic) bond motifs is 1. The third-order valence-corrected chi connectivity index (χ3v) is 2.21. The molecule has 84 valence electrons. The van der Waals surface area contributed by atoms with E-state index >= 15 is 0 Å². The van der Waals surface area contributed by atoms with E-state index in [1.54, 1.807) is 0 Å². The molecule has 1 aromatic rings. The predicted molar refractivity (Wildman–Crippen MR) is 53.6 cm³/mol. The molecule has 1 heterocycles. The quantitative estimate of drug-likeness (QED) is 0.572. The number of rotatable bonds is 3. The van der Waals surface area contributed by atoms with Gasteiger partial charge in [0.2, 0.25) is 6.79 Å². The Morgan fingerprint density at radius 2 is 2.06 bits per heavy atom. The number of carbonyl (C=O) groups is 1. The molecule has 0 atom stereocenters. The third kappa shape index (κ3) is 1.81. The first-order chi connectivity index (χ1) is 7.58. The Hall–Kier alpha value is -2.11. The van der Waals surface area contributed by atoms with Crippen LogP contribution in [0.15, 0.2) is 12.1 Å². The number of nitrogens with zero attached hydrogens (tertiary/aromatic N) is 1. The fraction of sp³-hybridized carbons (Fsp3) is 0.300. The van der Waals surface area contributed by atoms with Crippen molar-refractivity contribution in [2.75, 3.05) is 6.79 Å². The van der Waals surface area contributed by atoms with Gasteiger partial charge >= 0.3 is 0 Å². The molecule has 0 unspecified atom stereocenters. The number of Topliss-reactive ketones (excluding diaryl/α,β-unsaturated/α-hetero) is 1. The van der Waals surface area contributed by atoms with E-state index in [9.17, 15) is 14.9 Å². The Bertz CT molecular complexity index is 469. The van der Waals surface area contributed by atoms with Gasteiger partial charge in [-0.1, -0.05) is 0 Å². The predicted octanol–water partition coefficient (Wildman–Crippen LogP) is 1.45. The van der Waals surface area contributed by atoms with Crippen molar-refractivity contribution in [1.82, 2.24) is 0 Å². The summed E-state index contributed by atoms with van der Waals surface area (Å²) in [4.78, 5) is 21.3. The molecule has 2 rings (SSSR count). The first-order valence-electron chi connectivity index (χ1n) is 4.64. The van der Waals surface area contributed by atoms with Crippen LogP contribution >= 0.6 is 0 Å². The van der Waals surface area contributed by atoms with Crippen LogP contribution in [0.1, 0.15) is 12.5 Å². The lowest BCUT2D eigenvalue weighted by atomic mass is 10.1. The van der Waals surface area contributed by atoms with Gasteiger partial charge in [-0.2, -0.15) is 0 Å². The van der Waals surface area contributed by atoms with Gasteiger partial charge < -0.3 is 9.47 Å². The van der Waals surface area contributed by atoms with E-state index in [2.05, 4.69) is 0 Å². The van der Waals surface area contributed by atoms with Crippen molar-refractivity contribution in [1.29, 1.82) is 0 Å².